The third-order valence-corrected chi connectivity index (χ3v) is 3.81. The first-order chi connectivity index (χ1) is 9.65. The summed E-state index contributed by atoms with van der Waals surface area (Å²) < 4.78 is 5.04. The van der Waals surface area contributed by atoms with Gasteiger partial charge in [0.25, 0.3) is 0 Å². The van der Waals surface area contributed by atoms with Crippen LogP contribution < -0.4 is 4.90 Å². The molecule has 0 radical (unpaired) electrons. The van der Waals surface area contributed by atoms with Crippen LogP contribution in [0.4, 0.5) is 5.82 Å². The average Bonchev–Trinajstić information content (AvgIpc) is 2.78. The fraction of sp³-hybridized carbons (Fsp3) is 0.500. The molecule has 2 aromatic rings. The molecule has 108 valence electrons. The van der Waals surface area contributed by atoms with Crippen molar-refractivity contribution in [2.24, 2.45) is 0 Å². The van der Waals surface area contributed by atoms with E-state index in [-0.39, 0.29) is 12.5 Å². The van der Waals surface area contributed by atoms with Crippen molar-refractivity contribution in [3.8, 4) is 0 Å². The summed E-state index contributed by atoms with van der Waals surface area (Å²) in [5.41, 5.74) is 0. The lowest BCUT2D eigenvalue weighted by molar-refractivity contribution is -0.141. The van der Waals surface area contributed by atoms with Gasteiger partial charge in [0, 0.05) is 11.4 Å². The van der Waals surface area contributed by atoms with E-state index >= 15 is 0 Å². The lowest BCUT2D eigenvalue weighted by Crippen LogP contribution is -2.32. The Kier molecular flexibility index (Phi) is 4.89. The number of thiophene rings is 1. The van der Waals surface area contributed by atoms with Crippen molar-refractivity contribution in [3.63, 3.8) is 0 Å². The highest BCUT2D eigenvalue weighted by Crippen LogP contribution is 2.29. The fourth-order valence-electron chi connectivity index (χ4n) is 2.11. The van der Waals surface area contributed by atoms with Gasteiger partial charge in [-0.1, -0.05) is 6.92 Å². The Morgan fingerprint density at radius 3 is 2.90 bits per heavy atom. The largest absolute Gasteiger partial charge is 0.465 e. The van der Waals surface area contributed by atoms with Gasteiger partial charge in [-0.2, -0.15) is 0 Å². The number of nitrogens with zero attached hydrogens (tertiary/aromatic N) is 3. The van der Waals surface area contributed by atoms with Crippen molar-refractivity contribution in [2.45, 2.75) is 27.2 Å². The zero-order chi connectivity index (χ0) is 14.5. The van der Waals surface area contributed by atoms with Gasteiger partial charge in [-0.25, -0.2) is 9.97 Å². The van der Waals surface area contributed by atoms with E-state index in [1.165, 1.54) is 4.88 Å². The van der Waals surface area contributed by atoms with E-state index in [1.54, 1.807) is 17.7 Å². The third-order valence-electron chi connectivity index (χ3n) is 2.85. The molecule has 0 atom stereocenters. The molecule has 0 unspecified atom stereocenters. The minimum absolute atomic E-state index is 0.223. The molecule has 20 heavy (non-hydrogen) atoms. The highest BCUT2D eigenvalue weighted by atomic mass is 32.1. The molecule has 0 bridgehead atoms. The van der Waals surface area contributed by atoms with Crippen molar-refractivity contribution < 1.29 is 9.53 Å². The fourth-order valence-corrected chi connectivity index (χ4v) is 2.95. The summed E-state index contributed by atoms with van der Waals surface area (Å²) >= 11 is 1.64. The number of ether oxygens (including phenoxy) is 1. The van der Waals surface area contributed by atoms with Crippen LogP contribution in [0.1, 0.15) is 25.1 Å². The quantitative estimate of drug-likeness (QED) is 0.767. The van der Waals surface area contributed by atoms with Crippen molar-refractivity contribution in [3.05, 3.63) is 17.3 Å². The van der Waals surface area contributed by atoms with Gasteiger partial charge in [-0.15, -0.1) is 11.3 Å². The van der Waals surface area contributed by atoms with Gasteiger partial charge in [-0.05, 0) is 26.3 Å². The minimum atomic E-state index is -0.223. The molecule has 0 aliphatic rings. The first-order valence-electron chi connectivity index (χ1n) is 6.77. The van der Waals surface area contributed by atoms with Crippen LogP contribution in [0.5, 0.6) is 0 Å². The Morgan fingerprint density at radius 2 is 2.20 bits per heavy atom. The van der Waals surface area contributed by atoms with Crippen LogP contribution in [0.2, 0.25) is 0 Å². The molecule has 2 aromatic heterocycles. The van der Waals surface area contributed by atoms with Crippen molar-refractivity contribution >= 4 is 33.3 Å². The second-order valence-corrected chi connectivity index (χ2v) is 5.73. The minimum Gasteiger partial charge on any atom is -0.465 e. The predicted octanol–water partition coefficient (Wildman–Crippen LogP) is 2.78. The van der Waals surface area contributed by atoms with Gasteiger partial charge in [0.05, 0.1) is 12.0 Å². The smallest absolute Gasteiger partial charge is 0.325 e. The number of esters is 1. The zero-order valence-corrected chi connectivity index (χ0v) is 12.9. The maximum absolute atomic E-state index is 11.7. The molecule has 0 saturated heterocycles. The van der Waals surface area contributed by atoms with Crippen LogP contribution in [0.15, 0.2) is 12.4 Å². The second kappa shape index (κ2) is 6.65. The van der Waals surface area contributed by atoms with E-state index in [2.05, 4.69) is 23.0 Å². The van der Waals surface area contributed by atoms with Crippen LogP contribution in [-0.2, 0) is 9.53 Å². The Morgan fingerprint density at radius 1 is 1.40 bits per heavy atom. The maximum Gasteiger partial charge on any atom is 0.325 e. The molecule has 0 fully saturated rings. The number of carbonyl (C=O) groups is 1. The van der Waals surface area contributed by atoms with Crippen molar-refractivity contribution in [2.75, 3.05) is 24.6 Å². The molecule has 6 heteroatoms. The monoisotopic (exact) mass is 293 g/mol. The van der Waals surface area contributed by atoms with E-state index < -0.39 is 0 Å². The molecule has 0 aliphatic carbocycles. The summed E-state index contributed by atoms with van der Waals surface area (Å²) in [6.07, 6.45) is 2.50. The molecular formula is C14H19N3O2S. The number of carbonyl (C=O) groups excluding carboxylic acids is 1. The van der Waals surface area contributed by atoms with Crippen LogP contribution in [0.3, 0.4) is 0 Å². The normalized spacial score (nSPS) is 10.8. The molecule has 5 nitrogen and oxygen atoms in total. The number of hydrogen-bond acceptors (Lipinski definition) is 6. The summed E-state index contributed by atoms with van der Waals surface area (Å²) in [5.74, 6) is 0.592. The van der Waals surface area contributed by atoms with Gasteiger partial charge >= 0.3 is 5.97 Å². The maximum atomic E-state index is 11.7. The number of aryl methyl sites for hydroxylation is 1. The lowest BCUT2D eigenvalue weighted by atomic mass is 10.3. The van der Waals surface area contributed by atoms with Gasteiger partial charge in [0.1, 0.15) is 23.5 Å². The standard InChI is InChI=1S/C14H19N3O2S/c1-4-6-17(8-12(18)19-5-2)13-11-7-10(3)20-14(11)16-9-15-13/h7,9H,4-6,8H2,1-3H3. The molecule has 0 spiro atoms. The Balaban J connectivity index is 2.33. The highest BCUT2D eigenvalue weighted by Gasteiger charge is 2.17. The summed E-state index contributed by atoms with van der Waals surface area (Å²) in [7, 11) is 0. The molecule has 0 amide bonds. The number of hydrogen-bond donors (Lipinski definition) is 0. The predicted molar refractivity (Wildman–Crippen MR) is 81.3 cm³/mol. The molecule has 0 saturated carbocycles. The first kappa shape index (κ1) is 14.7. The van der Waals surface area contributed by atoms with E-state index in [0.29, 0.717) is 6.61 Å². The van der Waals surface area contributed by atoms with E-state index in [1.807, 2.05) is 18.7 Å². The van der Waals surface area contributed by atoms with Gasteiger partial charge in [-0.3, -0.25) is 4.79 Å². The second-order valence-electron chi connectivity index (χ2n) is 4.50. The van der Waals surface area contributed by atoms with E-state index in [4.69, 9.17) is 4.74 Å². The Bertz CT molecular complexity index is 597. The lowest BCUT2D eigenvalue weighted by Gasteiger charge is -2.22. The number of aromatic nitrogens is 2. The summed E-state index contributed by atoms with van der Waals surface area (Å²) in [5, 5.41) is 1.01. The molecular weight excluding hydrogens is 274 g/mol. The van der Waals surface area contributed by atoms with Crippen LogP contribution in [-0.4, -0.2) is 35.6 Å². The molecule has 0 aliphatic heterocycles. The zero-order valence-electron chi connectivity index (χ0n) is 12.0. The van der Waals surface area contributed by atoms with E-state index in [9.17, 15) is 4.79 Å². The average molecular weight is 293 g/mol. The highest BCUT2D eigenvalue weighted by molar-refractivity contribution is 7.18. The van der Waals surface area contributed by atoms with Crippen LogP contribution in [0.25, 0.3) is 10.2 Å². The molecule has 0 aromatic carbocycles. The summed E-state index contributed by atoms with van der Waals surface area (Å²) in [4.78, 5) is 24.5. The molecule has 2 rings (SSSR count). The van der Waals surface area contributed by atoms with Crippen molar-refractivity contribution in [1.29, 1.82) is 0 Å². The van der Waals surface area contributed by atoms with Gasteiger partial charge in [0.15, 0.2) is 0 Å². The Hall–Kier alpha value is -1.69. The number of anilines is 1. The third kappa shape index (κ3) is 3.25. The van der Waals surface area contributed by atoms with Crippen LogP contribution >= 0.6 is 11.3 Å². The van der Waals surface area contributed by atoms with Crippen LogP contribution in [0, 0.1) is 6.92 Å². The molecule has 0 N–H and O–H groups in total. The number of fused-ring (bicyclic) bond motifs is 1. The van der Waals surface area contributed by atoms with Crippen molar-refractivity contribution in [1.82, 2.24) is 9.97 Å². The van der Waals surface area contributed by atoms with E-state index in [0.717, 1.165) is 29.0 Å². The number of rotatable bonds is 6. The Labute approximate surface area is 122 Å². The topological polar surface area (TPSA) is 55.3 Å². The summed E-state index contributed by atoms with van der Waals surface area (Å²) in [6.45, 7) is 7.33. The van der Waals surface area contributed by atoms with Gasteiger partial charge < -0.3 is 9.64 Å². The SMILES string of the molecule is CCCN(CC(=O)OCC)c1ncnc2sc(C)cc12. The summed E-state index contributed by atoms with van der Waals surface area (Å²) in [6, 6.07) is 2.07. The van der Waals surface area contributed by atoms with Gasteiger partial charge in [0.2, 0.25) is 0 Å². The molecule has 2 heterocycles. The first-order valence-corrected chi connectivity index (χ1v) is 7.59.